The van der Waals surface area contributed by atoms with Crippen LogP contribution in [-0.2, 0) is 0 Å². The Morgan fingerprint density at radius 2 is 0.964 bits per heavy atom. The molecule has 9 aromatic carbocycles. The van der Waals surface area contributed by atoms with Gasteiger partial charge in [0.1, 0.15) is 0 Å². The van der Waals surface area contributed by atoms with E-state index < -0.39 is 0 Å². The molecule has 0 bridgehead atoms. The van der Waals surface area contributed by atoms with Crippen LogP contribution < -0.4 is 0 Å². The summed E-state index contributed by atoms with van der Waals surface area (Å²) in [6.07, 6.45) is 0. The van der Waals surface area contributed by atoms with Gasteiger partial charge >= 0.3 is 0 Å². The standard InChI is InChI=1S/C52H33N3/c1-3-16-35(17-4-1)52-53-47(37-28-30-50-46(32-37)42-24-13-14-26-49(42)55(50)38-19-5-2-6-20-38)33-48(54-52)41-23-11-12-25-43(41)51-40-22-10-8-18-36(40)31-45-39-21-9-7-15-34(39)27-29-44(45)51/h1-33H. The Morgan fingerprint density at radius 3 is 1.80 bits per heavy atom. The van der Waals surface area contributed by atoms with Gasteiger partial charge in [0.25, 0.3) is 0 Å². The minimum absolute atomic E-state index is 0.698. The minimum Gasteiger partial charge on any atom is -0.309 e. The van der Waals surface area contributed by atoms with Gasteiger partial charge in [0.15, 0.2) is 5.82 Å². The molecule has 2 aromatic heterocycles. The highest BCUT2D eigenvalue weighted by Gasteiger charge is 2.19. The number of para-hydroxylation sites is 2. The maximum atomic E-state index is 5.34. The van der Waals surface area contributed by atoms with Crippen molar-refractivity contribution in [1.29, 1.82) is 0 Å². The highest BCUT2D eigenvalue weighted by atomic mass is 15.0. The van der Waals surface area contributed by atoms with Gasteiger partial charge in [0, 0.05) is 33.2 Å². The van der Waals surface area contributed by atoms with Gasteiger partial charge in [-0.1, -0.05) is 158 Å². The lowest BCUT2D eigenvalue weighted by atomic mass is 9.87. The molecule has 256 valence electrons. The molecule has 3 heteroatoms. The molecule has 3 nitrogen and oxygen atoms in total. The van der Waals surface area contributed by atoms with Crippen LogP contribution in [0.15, 0.2) is 200 Å². The highest BCUT2D eigenvalue weighted by molar-refractivity contribution is 6.21. The van der Waals surface area contributed by atoms with Gasteiger partial charge in [0.2, 0.25) is 0 Å². The molecule has 0 unspecified atom stereocenters. The first kappa shape index (κ1) is 31.2. The summed E-state index contributed by atoms with van der Waals surface area (Å²) in [5.41, 5.74) is 10.7. The lowest BCUT2D eigenvalue weighted by Crippen LogP contribution is -1.98. The summed E-state index contributed by atoms with van der Waals surface area (Å²) in [5, 5.41) is 9.80. The van der Waals surface area contributed by atoms with Crippen molar-refractivity contribution in [3.05, 3.63) is 200 Å². The molecule has 0 N–H and O–H groups in total. The first-order valence-corrected chi connectivity index (χ1v) is 18.7. The number of benzene rings is 9. The Hall–Kier alpha value is -7.36. The zero-order chi connectivity index (χ0) is 36.3. The van der Waals surface area contributed by atoms with E-state index >= 15 is 0 Å². The molecule has 0 radical (unpaired) electrons. The van der Waals surface area contributed by atoms with Crippen molar-refractivity contribution in [2.45, 2.75) is 0 Å². The summed E-state index contributed by atoms with van der Waals surface area (Å²) < 4.78 is 2.35. The summed E-state index contributed by atoms with van der Waals surface area (Å²) in [5.74, 6) is 0.698. The van der Waals surface area contributed by atoms with Crippen molar-refractivity contribution >= 4 is 54.1 Å². The summed E-state index contributed by atoms with van der Waals surface area (Å²) in [6.45, 7) is 0. The molecule has 0 saturated carbocycles. The van der Waals surface area contributed by atoms with Crippen molar-refractivity contribution < 1.29 is 0 Å². The van der Waals surface area contributed by atoms with Gasteiger partial charge in [-0.25, -0.2) is 9.97 Å². The van der Waals surface area contributed by atoms with E-state index in [1.807, 2.05) is 6.07 Å². The first-order chi connectivity index (χ1) is 27.3. The van der Waals surface area contributed by atoms with Crippen LogP contribution in [0.4, 0.5) is 0 Å². The summed E-state index contributed by atoms with van der Waals surface area (Å²) in [4.78, 5) is 10.6. The van der Waals surface area contributed by atoms with E-state index in [0.717, 1.165) is 44.8 Å². The van der Waals surface area contributed by atoms with Gasteiger partial charge in [-0.15, -0.1) is 0 Å². The number of hydrogen-bond acceptors (Lipinski definition) is 2. The third kappa shape index (κ3) is 5.13. The van der Waals surface area contributed by atoms with Crippen LogP contribution in [0.3, 0.4) is 0 Å². The Balaban J connectivity index is 1.17. The topological polar surface area (TPSA) is 30.7 Å². The van der Waals surface area contributed by atoms with E-state index in [1.165, 1.54) is 54.2 Å². The van der Waals surface area contributed by atoms with Crippen LogP contribution in [0.5, 0.6) is 0 Å². The Kier molecular flexibility index (Phi) is 7.17. The van der Waals surface area contributed by atoms with E-state index in [4.69, 9.17) is 9.97 Å². The monoisotopic (exact) mass is 699 g/mol. The van der Waals surface area contributed by atoms with Gasteiger partial charge < -0.3 is 4.57 Å². The molecule has 2 heterocycles. The fourth-order valence-corrected chi connectivity index (χ4v) is 8.47. The predicted molar refractivity (Wildman–Crippen MR) is 231 cm³/mol. The van der Waals surface area contributed by atoms with Crippen molar-refractivity contribution in [1.82, 2.24) is 14.5 Å². The summed E-state index contributed by atoms with van der Waals surface area (Å²) in [7, 11) is 0. The Bertz CT molecular complexity index is 3250. The predicted octanol–water partition coefficient (Wildman–Crippen LogP) is 13.7. The van der Waals surface area contributed by atoms with E-state index in [-0.39, 0.29) is 0 Å². The molecule has 11 aromatic rings. The Labute approximate surface area is 318 Å². The average molecular weight is 700 g/mol. The van der Waals surface area contributed by atoms with Gasteiger partial charge in [-0.3, -0.25) is 0 Å². The minimum atomic E-state index is 0.698. The van der Waals surface area contributed by atoms with Crippen molar-refractivity contribution in [3.63, 3.8) is 0 Å². The van der Waals surface area contributed by atoms with Crippen LogP contribution in [0, 0.1) is 0 Å². The second kappa shape index (κ2) is 12.6. The highest BCUT2D eigenvalue weighted by Crippen LogP contribution is 2.43. The van der Waals surface area contributed by atoms with Crippen molar-refractivity contribution in [2.24, 2.45) is 0 Å². The number of nitrogens with zero attached hydrogens (tertiary/aromatic N) is 3. The van der Waals surface area contributed by atoms with E-state index in [1.54, 1.807) is 0 Å². The van der Waals surface area contributed by atoms with E-state index in [9.17, 15) is 0 Å². The molecule has 0 fully saturated rings. The number of aromatic nitrogens is 3. The molecular weight excluding hydrogens is 667 g/mol. The molecule has 0 saturated heterocycles. The third-order valence-corrected chi connectivity index (χ3v) is 11.0. The molecule has 55 heavy (non-hydrogen) atoms. The quantitative estimate of drug-likeness (QED) is 0.132. The fraction of sp³-hybridized carbons (Fsp3) is 0. The van der Waals surface area contributed by atoms with Gasteiger partial charge in [-0.05, 0) is 85.9 Å². The maximum absolute atomic E-state index is 5.34. The third-order valence-electron chi connectivity index (χ3n) is 11.0. The Morgan fingerprint density at radius 1 is 0.327 bits per heavy atom. The molecule has 0 amide bonds. The zero-order valence-corrected chi connectivity index (χ0v) is 29.9. The van der Waals surface area contributed by atoms with E-state index in [0.29, 0.717) is 5.82 Å². The molecular formula is C52H33N3. The molecule has 11 rings (SSSR count). The van der Waals surface area contributed by atoms with Gasteiger partial charge in [-0.2, -0.15) is 0 Å². The molecule has 0 atom stereocenters. The second-order valence-corrected chi connectivity index (χ2v) is 14.1. The largest absolute Gasteiger partial charge is 0.309 e. The second-order valence-electron chi connectivity index (χ2n) is 14.1. The number of rotatable bonds is 5. The smallest absolute Gasteiger partial charge is 0.160 e. The lowest BCUT2D eigenvalue weighted by Gasteiger charge is -2.17. The number of hydrogen-bond donors (Lipinski definition) is 0. The summed E-state index contributed by atoms with van der Waals surface area (Å²) in [6, 6.07) is 71.5. The molecule has 0 aliphatic carbocycles. The van der Waals surface area contributed by atoms with Crippen molar-refractivity contribution in [2.75, 3.05) is 0 Å². The van der Waals surface area contributed by atoms with Crippen LogP contribution in [0.25, 0.3) is 105 Å². The average Bonchev–Trinajstić information content (AvgIpc) is 3.60. The first-order valence-electron chi connectivity index (χ1n) is 18.7. The lowest BCUT2D eigenvalue weighted by molar-refractivity contribution is 1.18. The maximum Gasteiger partial charge on any atom is 0.160 e. The fourth-order valence-electron chi connectivity index (χ4n) is 8.47. The van der Waals surface area contributed by atoms with Crippen LogP contribution in [-0.4, -0.2) is 14.5 Å². The van der Waals surface area contributed by atoms with Crippen LogP contribution in [0.2, 0.25) is 0 Å². The molecule has 0 spiro atoms. The molecule has 0 aliphatic rings. The van der Waals surface area contributed by atoms with Crippen molar-refractivity contribution in [3.8, 4) is 50.7 Å². The van der Waals surface area contributed by atoms with Crippen LogP contribution in [0.1, 0.15) is 0 Å². The van der Waals surface area contributed by atoms with E-state index in [2.05, 4.69) is 199 Å². The normalized spacial score (nSPS) is 11.6. The zero-order valence-electron chi connectivity index (χ0n) is 29.9. The summed E-state index contributed by atoms with van der Waals surface area (Å²) >= 11 is 0. The van der Waals surface area contributed by atoms with Gasteiger partial charge in [0.05, 0.1) is 22.4 Å². The SMILES string of the molecule is c1ccc(-c2nc(-c3ccc4c(c3)c3ccccc3n4-c3ccccc3)cc(-c3ccccc3-c3c4ccccc4cc4c3ccc3ccccc34)n2)cc1. The molecule has 0 aliphatic heterocycles. The number of fused-ring (bicyclic) bond motifs is 7. The van der Waals surface area contributed by atoms with Crippen LogP contribution >= 0.6 is 0 Å².